The van der Waals surface area contributed by atoms with Gasteiger partial charge in [-0.1, -0.05) is 0 Å². The second-order valence-electron chi connectivity index (χ2n) is 3.24. The van der Waals surface area contributed by atoms with Crippen LogP contribution < -0.4 is 0 Å². The van der Waals surface area contributed by atoms with Gasteiger partial charge in [0.1, 0.15) is 0 Å². The molecule has 0 aromatic rings. The Morgan fingerprint density at radius 1 is 0.750 bits per heavy atom. The Balaban J connectivity index is 4.77. The van der Waals surface area contributed by atoms with Crippen molar-refractivity contribution in [3.8, 4) is 0 Å². The van der Waals surface area contributed by atoms with Crippen molar-refractivity contribution in [2.75, 3.05) is 42.3 Å². The zero-order valence-corrected chi connectivity index (χ0v) is 12.4. The van der Waals surface area contributed by atoms with Gasteiger partial charge in [-0.25, -0.2) is 0 Å². The normalized spacial score (nSPS) is 13.5. The average Bonchev–Trinajstić information content (AvgIpc) is 1.86. The number of hydrogen-bond acceptors (Lipinski definition) is 3. The van der Waals surface area contributed by atoms with Gasteiger partial charge >= 0.3 is 87.1 Å². The van der Waals surface area contributed by atoms with Crippen LogP contribution in [-0.4, -0.2) is 76.7 Å². The predicted molar refractivity (Wildman–Crippen MR) is 59.6 cm³/mol. The summed E-state index contributed by atoms with van der Waals surface area (Å²) in [7, 11) is 13.2. The Morgan fingerprint density at radius 3 is 1.00 bits per heavy atom. The summed E-state index contributed by atoms with van der Waals surface area (Å²) in [5, 5.41) is -1.06. The van der Waals surface area contributed by atoms with Gasteiger partial charge in [-0.05, 0) is 0 Å². The standard InChI is InChI=1S/C7H21N3PTe/c1-8(2)11(12-7,9(3)4)10(5)6/h1-7H3/q+1. The molecular weight excluding hydrogens is 285 g/mol. The molecule has 74 valence electrons. The van der Waals surface area contributed by atoms with Crippen LogP contribution in [0, 0.1) is 0 Å². The van der Waals surface area contributed by atoms with Gasteiger partial charge in [0.05, 0.1) is 0 Å². The summed E-state index contributed by atoms with van der Waals surface area (Å²) in [4.78, 5) is 2.39. The molecule has 0 amide bonds. The van der Waals surface area contributed by atoms with Crippen LogP contribution >= 0.6 is 5.41 Å². The summed E-state index contributed by atoms with van der Waals surface area (Å²) < 4.78 is 7.24. The van der Waals surface area contributed by atoms with E-state index in [0.29, 0.717) is 0 Å². The van der Waals surface area contributed by atoms with Crippen LogP contribution in [-0.2, 0) is 0 Å². The van der Waals surface area contributed by atoms with Gasteiger partial charge in [-0.15, -0.1) is 0 Å². The Kier molecular flexibility index (Phi) is 5.57. The minimum atomic E-state index is -1.06. The Labute approximate surface area is 87.0 Å². The fourth-order valence-corrected chi connectivity index (χ4v) is 13.1. The zero-order valence-electron chi connectivity index (χ0n) is 9.20. The first-order valence-electron chi connectivity index (χ1n) is 3.87. The molecule has 0 aliphatic rings. The zero-order chi connectivity index (χ0) is 9.94. The monoisotopic (exact) mass is 308 g/mol. The van der Waals surface area contributed by atoms with Gasteiger partial charge in [-0.2, -0.15) is 0 Å². The first-order chi connectivity index (χ1) is 5.39. The topological polar surface area (TPSA) is 9.72 Å². The molecule has 0 heterocycles. The Bertz CT molecular complexity index is 117. The first-order valence-corrected chi connectivity index (χ1v) is 10.9. The molecule has 0 aromatic heterocycles. The van der Waals surface area contributed by atoms with E-state index in [9.17, 15) is 0 Å². The van der Waals surface area contributed by atoms with Crippen LogP contribution in [0.25, 0.3) is 0 Å². The molecule has 5 heteroatoms. The molecule has 0 radical (unpaired) electrons. The first kappa shape index (κ1) is 13.1. The van der Waals surface area contributed by atoms with E-state index in [1.54, 1.807) is 0 Å². The molecule has 0 unspecified atom stereocenters. The third-order valence-corrected chi connectivity index (χ3v) is 18.0. The molecule has 0 aromatic carbocycles. The summed E-state index contributed by atoms with van der Waals surface area (Å²) >= 11 is 0.0461. The second kappa shape index (κ2) is 5.10. The van der Waals surface area contributed by atoms with Gasteiger partial charge in [0.15, 0.2) is 0 Å². The number of rotatable bonds is 4. The van der Waals surface area contributed by atoms with Crippen LogP contribution in [0.5, 0.6) is 0 Å². The van der Waals surface area contributed by atoms with Crippen molar-refractivity contribution in [3.05, 3.63) is 0 Å². The summed E-state index contributed by atoms with van der Waals surface area (Å²) in [5.41, 5.74) is 0. The third kappa shape index (κ3) is 2.32. The maximum absolute atomic E-state index is 2.41. The number of nitrogens with zero attached hydrogens (tertiary/aromatic N) is 3. The van der Waals surface area contributed by atoms with Gasteiger partial charge < -0.3 is 0 Å². The molecular formula is C7H21N3PTe+. The molecule has 0 fully saturated rings. The van der Waals surface area contributed by atoms with Crippen molar-refractivity contribution in [2.45, 2.75) is 4.97 Å². The second-order valence-corrected chi connectivity index (χ2v) is 14.4. The van der Waals surface area contributed by atoms with Gasteiger partial charge in [-0.3, -0.25) is 0 Å². The summed E-state index contributed by atoms with van der Waals surface area (Å²) in [5.74, 6) is 0. The van der Waals surface area contributed by atoms with Crippen LogP contribution in [0.3, 0.4) is 0 Å². The molecule has 0 rings (SSSR count). The number of hydrogen-bond donors (Lipinski definition) is 0. The van der Waals surface area contributed by atoms with Crippen molar-refractivity contribution in [1.82, 2.24) is 14.0 Å². The molecule has 0 bridgehead atoms. The van der Waals surface area contributed by atoms with Crippen molar-refractivity contribution >= 4 is 25.8 Å². The maximum atomic E-state index is 2.41. The van der Waals surface area contributed by atoms with Crippen molar-refractivity contribution in [1.29, 1.82) is 0 Å². The third-order valence-electron chi connectivity index (χ3n) is 1.81. The molecule has 0 aliphatic carbocycles. The van der Waals surface area contributed by atoms with Crippen molar-refractivity contribution in [2.24, 2.45) is 0 Å². The average molecular weight is 306 g/mol. The fraction of sp³-hybridized carbons (Fsp3) is 1.00. The summed E-state index contributed by atoms with van der Waals surface area (Å²) in [6.07, 6.45) is 0. The predicted octanol–water partition coefficient (Wildman–Crippen LogP) is 1.10. The molecule has 0 atom stereocenters. The van der Waals surface area contributed by atoms with Crippen LogP contribution in [0.4, 0.5) is 0 Å². The summed E-state index contributed by atoms with van der Waals surface area (Å²) in [6.45, 7) is 0. The quantitative estimate of drug-likeness (QED) is 0.569. The van der Waals surface area contributed by atoms with E-state index < -0.39 is 5.41 Å². The van der Waals surface area contributed by atoms with Crippen LogP contribution in [0.15, 0.2) is 0 Å². The Morgan fingerprint density at radius 2 is 1.00 bits per heavy atom. The molecule has 3 nitrogen and oxygen atoms in total. The van der Waals surface area contributed by atoms with Gasteiger partial charge in [0.25, 0.3) is 0 Å². The SMILES string of the molecule is C[Te][P+](N(C)C)(N(C)C)N(C)C. The van der Waals surface area contributed by atoms with Gasteiger partial charge in [0.2, 0.25) is 0 Å². The van der Waals surface area contributed by atoms with Crippen molar-refractivity contribution < 1.29 is 0 Å². The molecule has 0 N–H and O–H groups in total. The summed E-state index contributed by atoms with van der Waals surface area (Å²) in [6, 6.07) is 0. The molecule has 0 spiro atoms. The van der Waals surface area contributed by atoms with E-state index in [1.165, 1.54) is 0 Å². The van der Waals surface area contributed by atoms with E-state index in [0.717, 1.165) is 0 Å². The van der Waals surface area contributed by atoms with Crippen LogP contribution in [0.2, 0.25) is 4.97 Å². The van der Waals surface area contributed by atoms with E-state index in [1.807, 2.05) is 0 Å². The van der Waals surface area contributed by atoms with Crippen LogP contribution in [0.1, 0.15) is 0 Å². The van der Waals surface area contributed by atoms with E-state index in [4.69, 9.17) is 0 Å². The van der Waals surface area contributed by atoms with Gasteiger partial charge in [0, 0.05) is 0 Å². The molecule has 0 aliphatic heterocycles. The molecule has 0 saturated carbocycles. The minimum absolute atomic E-state index is 0.0461. The fourth-order valence-electron chi connectivity index (χ4n) is 1.56. The molecule has 0 saturated heterocycles. The van der Waals surface area contributed by atoms with E-state index in [2.05, 4.69) is 61.3 Å². The van der Waals surface area contributed by atoms with Crippen molar-refractivity contribution in [3.63, 3.8) is 0 Å². The Hall–Kier alpha value is 1.10. The van der Waals surface area contributed by atoms with E-state index in [-0.39, 0.29) is 20.4 Å². The molecule has 12 heavy (non-hydrogen) atoms. The van der Waals surface area contributed by atoms with E-state index >= 15 is 0 Å².